The summed E-state index contributed by atoms with van der Waals surface area (Å²) in [6.07, 6.45) is 0. The van der Waals surface area contributed by atoms with Crippen LogP contribution in [0.2, 0.25) is 4.47 Å². The van der Waals surface area contributed by atoms with Gasteiger partial charge in [0, 0.05) is 17.3 Å². The first-order chi connectivity index (χ1) is 9.95. The number of benzene rings is 1. The lowest BCUT2D eigenvalue weighted by molar-refractivity contribution is -0.118. The Morgan fingerprint density at radius 3 is 2.14 bits per heavy atom. The lowest BCUT2D eigenvalue weighted by atomic mass is 10.2. The van der Waals surface area contributed by atoms with Crippen LogP contribution in [0.15, 0.2) is 24.3 Å². The number of rotatable bonds is 4. The van der Waals surface area contributed by atoms with Crippen molar-refractivity contribution in [3.8, 4) is 0 Å². The summed E-state index contributed by atoms with van der Waals surface area (Å²) in [5.41, 5.74) is 1.26. The van der Waals surface area contributed by atoms with Crippen molar-refractivity contribution < 1.29 is 9.59 Å². The number of hydrogen-bond donors (Lipinski definition) is 2. The van der Waals surface area contributed by atoms with Crippen molar-refractivity contribution in [3.63, 3.8) is 0 Å². The average Bonchev–Trinajstić information content (AvgIpc) is 2.87. The first kappa shape index (κ1) is 15.4. The van der Waals surface area contributed by atoms with E-state index in [-0.39, 0.29) is 27.2 Å². The number of aromatic nitrogens is 2. The van der Waals surface area contributed by atoms with Crippen molar-refractivity contribution in [1.29, 1.82) is 0 Å². The smallest absolute Gasteiger partial charge is 0.286 e. The third-order valence-corrected chi connectivity index (χ3v) is 3.55. The molecule has 1 heterocycles. The van der Waals surface area contributed by atoms with Crippen LogP contribution in [0.3, 0.4) is 0 Å². The molecule has 1 aromatic carbocycles. The van der Waals surface area contributed by atoms with Gasteiger partial charge in [-0.05, 0) is 35.9 Å². The minimum absolute atomic E-state index is 0.0599. The molecule has 0 bridgehead atoms. The van der Waals surface area contributed by atoms with E-state index in [2.05, 4.69) is 20.8 Å². The molecule has 2 amide bonds. The number of nitrogens with zero attached hydrogens (tertiary/aromatic N) is 2. The summed E-state index contributed by atoms with van der Waals surface area (Å²) in [5.74, 6) is -0.528. The second-order valence-corrected chi connectivity index (χ2v) is 6.10. The molecule has 2 N–H and O–H groups in total. The molecule has 0 aliphatic rings. The van der Waals surface area contributed by atoms with Gasteiger partial charge in [-0.2, -0.15) is 0 Å². The molecule has 0 spiro atoms. The monoisotopic (exact) mass is 324 g/mol. The quantitative estimate of drug-likeness (QED) is 0.905. The van der Waals surface area contributed by atoms with Gasteiger partial charge in [0.15, 0.2) is 0 Å². The van der Waals surface area contributed by atoms with Crippen LogP contribution in [0, 0.1) is 5.92 Å². The predicted molar refractivity (Wildman–Crippen MR) is 82.8 cm³/mol. The van der Waals surface area contributed by atoms with Crippen LogP contribution in [0.5, 0.6) is 0 Å². The van der Waals surface area contributed by atoms with Gasteiger partial charge in [0.2, 0.25) is 15.4 Å². The van der Waals surface area contributed by atoms with Gasteiger partial charge in [-0.3, -0.25) is 9.59 Å². The van der Waals surface area contributed by atoms with Gasteiger partial charge in [-0.1, -0.05) is 25.2 Å². The van der Waals surface area contributed by atoms with E-state index in [0.29, 0.717) is 11.4 Å². The number of hydrogen-bond acceptors (Lipinski definition) is 5. The average molecular weight is 325 g/mol. The SMILES string of the molecule is CC(C)C(=O)Nc1ccc(NC(=O)c2nnc(Cl)s2)cc1. The van der Waals surface area contributed by atoms with Gasteiger partial charge in [0.25, 0.3) is 5.91 Å². The summed E-state index contributed by atoms with van der Waals surface area (Å²) in [4.78, 5) is 23.4. The van der Waals surface area contributed by atoms with Gasteiger partial charge >= 0.3 is 0 Å². The molecule has 8 heteroatoms. The molecule has 0 fully saturated rings. The van der Waals surface area contributed by atoms with E-state index in [0.717, 1.165) is 11.3 Å². The highest BCUT2D eigenvalue weighted by Gasteiger charge is 2.12. The Hall–Kier alpha value is -1.99. The van der Waals surface area contributed by atoms with Gasteiger partial charge in [-0.15, -0.1) is 10.2 Å². The fourth-order valence-corrected chi connectivity index (χ4v) is 2.13. The molecule has 0 atom stereocenters. The summed E-state index contributed by atoms with van der Waals surface area (Å²) < 4.78 is 0.215. The number of halogens is 1. The normalized spacial score (nSPS) is 10.5. The highest BCUT2D eigenvalue weighted by atomic mass is 35.5. The highest BCUT2D eigenvalue weighted by Crippen LogP contribution is 2.18. The Labute approximate surface area is 130 Å². The van der Waals surface area contributed by atoms with Crippen LogP contribution in [0.25, 0.3) is 0 Å². The van der Waals surface area contributed by atoms with Gasteiger partial charge in [0.05, 0.1) is 0 Å². The number of carbonyl (C=O) groups excluding carboxylic acids is 2. The Bertz CT molecular complexity index is 654. The summed E-state index contributed by atoms with van der Waals surface area (Å²) in [7, 11) is 0. The van der Waals surface area contributed by atoms with E-state index < -0.39 is 0 Å². The van der Waals surface area contributed by atoms with Crippen LogP contribution in [0.4, 0.5) is 11.4 Å². The lowest BCUT2D eigenvalue weighted by Gasteiger charge is -2.08. The molecule has 0 aliphatic heterocycles. The zero-order valence-corrected chi connectivity index (χ0v) is 13.0. The maximum atomic E-state index is 11.8. The van der Waals surface area contributed by atoms with Crippen molar-refractivity contribution in [2.24, 2.45) is 5.92 Å². The second-order valence-electron chi connectivity index (χ2n) is 4.54. The van der Waals surface area contributed by atoms with Crippen molar-refractivity contribution in [3.05, 3.63) is 33.7 Å². The van der Waals surface area contributed by atoms with Crippen LogP contribution >= 0.6 is 22.9 Å². The van der Waals surface area contributed by atoms with Crippen molar-refractivity contribution in [1.82, 2.24) is 10.2 Å². The predicted octanol–water partition coefficient (Wildman–Crippen LogP) is 3.04. The molecule has 110 valence electrons. The molecule has 2 rings (SSSR count). The van der Waals surface area contributed by atoms with Crippen molar-refractivity contribution in [2.45, 2.75) is 13.8 Å². The van der Waals surface area contributed by atoms with E-state index in [4.69, 9.17) is 11.6 Å². The van der Waals surface area contributed by atoms with E-state index in [1.54, 1.807) is 24.3 Å². The molecule has 0 aliphatic carbocycles. The van der Waals surface area contributed by atoms with Gasteiger partial charge in [-0.25, -0.2) is 0 Å². The molecule has 2 aromatic rings. The molecular weight excluding hydrogens is 312 g/mol. The standard InChI is InChI=1S/C13H13ClN4O2S/c1-7(2)10(19)15-8-3-5-9(6-4-8)16-11(20)12-17-18-13(14)21-12/h3-7H,1-2H3,(H,15,19)(H,16,20). The van der Waals surface area contributed by atoms with E-state index in [1.165, 1.54) is 0 Å². The topological polar surface area (TPSA) is 84.0 Å². The fraction of sp³-hybridized carbons (Fsp3) is 0.231. The van der Waals surface area contributed by atoms with Crippen LogP contribution in [-0.2, 0) is 4.79 Å². The summed E-state index contributed by atoms with van der Waals surface area (Å²) in [6, 6.07) is 6.80. The van der Waals surface area contributed by atoms with Gasteiger partial charge in [0.1, 0.15) is 0 Å². The zero-order valence-electron chi connectivity index (χ0n) is 11.4. The van der Waals surface area contributed by atoms with Gasteiger partial charge < -0.3 is 10.6 Å². The maximum Gasteiger partial charge on any atom is 0.286 e. The van der Waals surface area contributed by atoms with E-state index >= 15 is 0 Å². The highest BCUT2D eigenvalue weighted by molar-refractivity contribution is 7.17. The van der Waals surface area contributed by atoms with E-state index in [1.807, 2.05) is 13.8 Å². The molecular formula is C13H13ClN4O2S. The summed E-state index contributed by atoms with van der Waals surface area (Å²) >= 11 is 6.63. The molecule has 0 saturated carbocycles. The van der Waals surface area contributed by atoms with Crippen LogP contribution in [-0.4, -0.2) is 22.0 Å². The Morgan fingerprint density at radius 2 is 1.67 bits per heavy atom. The first-order valence-corrected chi connectivity index (χ1v) is 7.36. The Morgan fingerprint density at radius 1 is 1.10 bits per heavy atom. The summed E-state index contributed by atoms with van der Waals surface area (Å²) in [6.45, 7) is 3.63. The maximum absolute atomic E-state index is 11.8. The van der Waals surface area contributed by atoms with E-state index in [9.17, 15) is 9.59 Å². The summed E-state index contributed by atoms with van der Waals surface area (Å²) in [5, 5.41) is 12.9. The third-order valence-electron chi connectivity index (χ3n) is 2.53. The first-order valence-electron chi connectivity index (χ1n) is 6.17. The number of carbonyl (C=O) groups is 2. The largest absolute Gasteiger partial charge is 0.326 e. The molecule has 6 nitrogen and oxygen atoms in total. The fourth-order valence-electron chi connectivity index (χ4n) is 1.41. The lowest BCUT2D eigenvalue weighted by Crippen LogP contribution is -2.17. The van der Waals surface area contributed by atoms with Crippen LogP contribution < -0.4 is 10.6 Å². The van der Waals surface area contributed by atoms with Crippen molar-refractivity contribution >= 4 is 46.1 Å². The number of amides is 2. The molecule has 1 aromatic heterocycles. The molecule has 0 radical (unpaired) electrons. The van der Waals surface area contributed by atoms with Crippen molar-refractivity contribution in [2.75, 3.05) is 10.6 Å². The minimum atomic E-state index is -0.377. The Kier molecular flexibility index (Phi) is 4.87. The number of anilines is 2. The second kappa shape index (κ2) is 6.64. The zero-order chi connectivity index (χ0) is 15.4. The molecule has 0 saturated heterocycles. The number of nitrogens with one attached hydrogen (secondary N) is 2. The molecule has 0 unspecified atom stereocenters. The molecule has 21 heavy (non-hydrogen) atoms. The van der Waals surface area contributed by atoms with Crippen LogP contribution in [0.1, 0.15) is 23.6 Å². The third kappa shape index (κ3) is 4.24. The Balaban J connectivity index is 1.99. The minimum Gasteiger partial charge on any atom is -0.326 e.